The van der Waals surface area contributed by atoms with Crippen molar-refractivity contribution in [1.82, 2.24) is 15.1 Å². The Morgan fingerprint density at radius 3 is 2.19 bits per heavy atom. The summed E-state index contributed by atoms with van der Waals surface area (Å²) in [6, 6.07) is 6.01. The lowest BCUT2D eigenvalue weighted by molar-refractivity contribution is -0.123. The fourth-order valence-corrected chi connectivity index (χ4v) is 3.75. The highest BCUT2D eigenvalue weighted by Gasteiger charge is 2.25. The van der Waals surface area contributed by atoms with Crippen molar-refractivity contribution in [1.29, 1.82) is 0 Å². The number of nitrogens with one attached hydrogen (secondary N) is 2. The summed E-state index contributed by atoms with van der Waals surface area (Å²) in [7, 11) is -0.706. The van der Waals surface area contributed by atoms with E-state index in [1.165, 1.54) is 29.2 Å². The molecule has 9 nitrogen and oxygen atoms in total. The molecule has 2 amide bonds. The van der Waals surface area contributed by atoms with E-state index in [9.17, 15) is 18.0 Å². The van der Waals surface area contributed by atoms with Gasteiger partial charge in [-0.25, -0.2) is 0 Å². The van der Waals surface area contributed by atoms with Gasteiger partial charge in [-0.1, -0.05) is 32.1 Å². The summed E-state index contributed by atoms with van der Waals surface area (Å²) >= 11 is 0.750. The van der Waals surface area contributed by atoms with Crippen molar-refractivity contribution in [3.8, 4) is 0 Å². The van der Waals surface area contributed by atoms with Crippen molar-refractivity contribution in [2.24, 2.45) is 5.41 Å². The van der Waals surface area contributed by atoms with Gasteiger partial charge in [0.25, 0.3) is 20.3 Å². The Balaban J connectivity index is 2.13. The molecule has 0 aliphatic heterocycles. The molecule has 0 unspecified atom stereocenters. The minimum Gasteiger partial charge on any atom is -0.345 e. The Morgan fingerprint density at radius 2 is 1.67 bits per heavy atom. The van der Waals surface area contributed by atoms with E-state index in [-0.39, 0.29) is 27.0 Å². The van der Waals surface area contributed by atoms with E-state index in [1.807, 2.05) is 0 Å². The van der Waals surface area contributed by atoms with Crippen LogP contribution in [-0.2, 0) is 14.8 Å². The largest absolute Gasteiger partial charge is 0.345 e. The standard InChI is InChI=1S/C16H21N5O4S2/c1-16(2,3)13(23)17-14-18-19-15(26-14)27(24,25)20-11-8-6-10(7-9-11)12(22)21(4)5/h6-9,20H,1-5H3,(H,17,18,23). The number of carbonyl (C=O) groups is 2. The third-order valence-electron chi connectivity index (χ3n) is 3.33. The van der Waals surface area contributed by atoms with Gasteiger partial charge in [-0.2, -0.15) is 8.42 Å². The molecular weight excluding hydrogens is 390 g/mol. The molecule has 0 saturated heterocycles. The molecule has 0 radical (unpaired) electrons. The monoisotopic (exact) mass is 411 g/mol. The van der Waals surface area contributed by atoms with Crippen molar-refractivity contribution in [3.63, 3.8) is 0 Å². The number of nitrogens with zero attached hydrogens (tertiary/aromatic N) is 3. The predicted molar refractivity (Wildman–Crippen MR) is 103 cm³/mol. The first-order chi connectivity index (χ1) is 12.4. The Morgan fingerprint density at radius 1 is 1.07 bits per heavy atom. The zero-order valence-electron chi connectivity index (χ0n) is 15.6. The van der Waals surface area contributed by atoms with Gasteiger partial charge < -0.3 is 10.2 Å². The first-order valence-electron chi connectivity index (χ1n) is 7.89. The van der Waals surface area contributed by atoms with Crippen LogP contribution >= 0.6 is 11.3 Å². The van der Waals surface area contributed by atoms with Gasteiger partial charge >= 0.3 is 0 Å². The van der Waals surface area contributed by atoms with Gasteiger partial charge in [0.2, 0.25) is 11.0 Å². The minimum atomic E-state index is -3.96. The second kappa shape index (κ2) is 7.61. The summed E-state index contributed by atoms with van der Waals surface area (Å²) in [6.07, 6.45) is 0. The molecule has 0 saturated carbocycles. The zero-order chi connectivity index (χ0) is 20.4. The van der Waals surface area contributed by atoms with Crippen LogP contribution in [0.1, 0.15) is 31.1 Å². The van der Waals surface area contributed by atoms with Gasteiger partial charge in [-0.15, -0.1) is 10.2 Å². The van der Waals surface area contributed by atoms with Crippen LogP contribution in [0.3, 0.4) is 0 Å². The van der Waals surface area contributed by atoms with E-state index in [2.05, 4.69) is 20.2 Å². The Bertz CT molecular complexity index is 944. The summed E-state index contributed by atoms with van der Waals surface area (Å²) in [5.41, 5.74) is 0.0705. The summed E-state index contributed by atoms with van der Waals surface area (Å²) < 4.78 is 27.0. The van der Waals surface area contributed by atoms with Crippen molar-refractivity contribution >= 4 is 44.0 Å². The smallest absolute Gasteiger partial charge is 0.291 e. The van der Waals surface area contributed by atoms with Crippen LogP contribution in [0.4, 0.5) is 10.8 Å². The van der Waals surface area contributed by atoms with Gasteiger partial charge in [0.05, 0.1) is 0 Å². The van der Waals surface area contributed by atoms with Crippen molar-refractivity contribution in [3.05, 3.63) is 29.8 Å². The third-order valence-corrected chi connectivity index (χ3v) is 5.92. The maximum Gasteiger partial charge on any atom is 0.291 e. The third kappa shape index (κ3) is 5.23. The van der Waals surface area contributed by atoms with Gasteiger partial charge in [0, 0.05) is 30.8 Å². The lowest BCUT2D eigenvalue weighted by Crippen LogP contribution is -2.27. The maximum absolute atomic E-state index is 12.4. The predicted octanol–water partition coefficient (Wildman–Crippen LogP) is 2.03. The Hall–Kier alpha value is -2.53. The number of hydrogen-bond donors (Lipinski definition) is 2. The molecule has 2 rings (SSSR count). The highest BCUT2D eigenvalue weighted by atomic mass is 32.2. The normalized spacial score (nSPS) is 11.7. The van der Waals surface area contributed by atoms with Crippen LogP contribution in [0.25, 0.3) is 0 Å². The second-order valence-corrected chi connectivity index (χ2v) is 9.79. The molecule has 0 aliphatic rings. The molecule has 146 valence electrons. The lowest BCUT2D eigenvalue weighted by Gasteiger charge is -2.15. The molecule has 0 bridgehead atoms. The summed E-state index contributed by atoms with van der Waals surface area (Å²) in [4.78, 5) is 25.2. The fraction of sp³-hybridized carbons (Fsp3) is 0.375. The van der Waals surface area contributed by atoms with Crippen LogP contribution in [0.5, 0.6) is 0 Å². The second-order valence-electron chi connectivity index (χ2n) is 6.96. The first kappa shape index (κ1) is 20.8. The lowest BCUT2D eigenvalue weighted by atomic mass is 9.96. The van der Waals surface area contributed by atoms with E-state index in [1.54, 1.807) is 34.9 Å². The van der Waals surface area contributed by atoms with Crippen LogP contribution in [-0.4, -0.2) is 49.4 Å². The van der Waals surface area contributed by atoms with Gasteiger partial charge in [0.15, 0.2) is 0 Å². The van der Waals surface area contributed by atoms with Crippen molar-refractivity contribution < 1.29 is 18.0 Å². The average molecular weight is 412 g/mol. The molecular formula is C16H21N5O4S2. The summed E-state index contributed by atoms with van der Waals surface area (Å²) in [5.74, 6) is -0.482. The highest BCUT2D eigenvalue weighted by Crippen LogP contribution is 2.24. The molecule has 2 aromatic rings. The number of hydrogen-bond acceptors (Lipinski definition) is 7. The molecule has 0 fully saturated rings. The number of amides is 2. The number of carbonyl (C=O) groups excluding carboxylic acids is 2. The van der Waals surface area contributed by atoms with E-state index in [4.69, 9.17) is 0 Å². The average Bonchev–Trinajstić information content (AvgIpc) is 3.03. The van der Waals surface area contributed by atoms with Crippen LogP contribution in [0.2, 0.25) is 0 Å². The molecule has 0 spiro atoms. The Labute approximate surface area is 161 Å². The molecule has 27 heavy (non-hydrogen) atoms. The molecule has 0 atom stereocenters. The van der Waals surface area contributed by atoms with E-state index < -0.39 is 15.4 Å². The van der Waals surface area contributed by atoms with Crippen LogP contribution < -0.4 is 10.0 Å². The number of anilines is 2. The molecule has 1 heterocycles. The topological polar surface area (TPSA) is 121 Å². The van der Waals surface area contributed by atoms with Crippen molar-refractivity contribution in [2.75, 3.05) is 24.1 Å². The Kier molecular flexibility index (Phi) is 5.85. The molecule has 11 heteroatoms. The molecule has 1 aromatic carbocycles. The maximum atomic E-state index is 12.4. The van der Waals surface area contributed by atoms with Gasteiger partial charge in [-0.05, 0) is 24.3 Å². The fourth-order valence-electron chi connectivity index (χ4n) is 1.79. The molecule has 2 N–H and O–H groups in total. The van der Waals surface area contributed by atoms with Gasteiger partial charge in [0.1, 0.15) is 0 Å². The molecule has 0 aliphatic carbocycles. The SMILES string of the molecule is CN(C)C(=O)c1ccc(NS(=O)(=O)c2nnc(NC(=O)C(C)(C)C)s2)cc1. The summed E-state index contributed by atoms with van der Waals surface area (Å²) in [6.45, 7) is 5.19. The van der Waals surface area contributed by atoms with Crippen molar-refractivity contribution in [2.45, 2.75) is 25.1 Å². The number of benzene rings is 1. The van der Waals surface area contributed by atoms with E-state index in [0.29, 0.717) is 5.56 Å². The zero-order valence-corrected chi connectivity index (χ0v) is 17.2. The van der Waals surface area contributed by atoms with E-state index in [0.717, 1.165) is 11.3 Å². The molecule has 1 aromatic heterocycles. The summed E-state index contributed by atoms with van der Waals surface area (Å²) in [5, 5.41) is 9.97. The van der Waals surface area contributed by atoms with Crippen LogP contribution in [0, 0.1) is 5.41 Å². The van der Waals surface area contributed by atoms with Crippen LogP contribution in [0.15, 0.2) is 28.6 Å². The number of sulfonamides is 1. The highest BCUT2D eigenvalue weighted by molar-refractivity contribution is 7.94. The minimum absolute atomic E-state index is 0.0993. The number of rotatable bonds is 5. The first-order valence-corrected chi connectivity index (χ1v) is 10.2. The van der Waals surface area contributed by atoms with E-state index >= 15 is 0 Å². The van der Waals surface area contributed by atoms with Gasteiger partial charge in [-0.3, -0.25) is 14.3 Å². The number of aromatic nitrogens is 2. The quantitative estimate of drug-likeness (QED) is 0.726.